The zero-order chi connectivity index (χ0) is 15.4. The highest BCUT2D eigenvalue weighted by atomic mass is 79.9. The van der Waals surface area contributed by atoms with Crippen molar-refractivity contribution in [2.75, 3.05) is 5.43 Å². The summed E-state index contributed by atoms with van der Waals surface area (Å²) >= 11 is 3.33. The van der Waals surface area contributed by atoms with Crippen LogP contribution in [0.25, 0.3) is 0 Å². The Hall–Kier alpha value is -2.59. The normalized spacial score (nSPS) is 10.5. The molecule has 7 heteroatoms. The molecule has 2 aromatic rings. The number of aromatic hydroxyl groups is 1. The molecule has 1 aromatic carbocycles. The van der Waals surface area contributed by atoms with Crippen LogP contribution in [0.4, 0.5) is 5.69 Å². The SMILES string of the molecule is Cc1c(/C=N/Nc2ccc(Br)cc2)c(O)[nH]c(=O)c1C#N. The van der Waals surface area contributed by atoms with Crippen LogP contribution in [-0.4, -0.2) is 16.3 Å². The molecule has 0 saturated carbocycles. The maximum Gasteiger partial charge on any atom is 0.268 e. The lowest BCUT2D eigenvalue weighted by atomic mass is 10.1. The molecule has 0 spiro atoms. The average molecular weight is 347 g/mol. The van der Waals surface area contributed by atoms with Crippen molar-refractivity contribution in [3.63, 3.8) is 0 Å². The van der Waals surface area contributed by atoms with Crippen LogP contribution in [0.15, 0.2) is 38.6 Å². The van der Waals surface area contributed by atoms with Gasteiger partial charge in [0.1, 0.15) is 11.6 Å². The molecule has 0 aliphatic rings. The summed E-state index contributed by atoms with van der Waals surface area (Å²) in [6.45, 7) is 1.58. The van der Waals surface area contributed by atoms with Crippen molar-refractivity contribution >= 4 is 27.8 Å². The second-order valence-corrected chi connectivity index (χ2v) is 5.12. The van der Waals surface area contributed by atoms with Gasteiger partial charge in [-0.05, 0) is 36.8 Å². The van der Waals surface area contributed by atoms with E-state index in [4.69, 9.17) is 5.26 Å². The number of anilines is 1. The first-order chi connectivity index (χ1) is 10.0. The van der Waals surface area contributed by atoms with Gasteiger partial charge in [0.05, 0.1) is 17.5 Å². The lowest BCUT2D eigenvalue weighted by Gasteiger charge is -2.05. The van der Waals surface area contributed by atoms with Gasteiger partial charge in [-0.3, -0.25) is 15.2 Å². The molecule has 0 fully saturated rings. The molecule has 2 rings (SSSR count). The van der Waals surface area contributed by atoms with E-state index in [0.717, 1.165) is 10.2 Å². The number of aromatic nitrogens is 1. The summed E-state index contributed by atoms with van der Waals surface area (Å²) in [4.78, 5) is 13.7. The van der Waals surface area contributed by atoms with Crippen molar-refractivity contribution in [1.82, 2.24) is 4.98 Å². The van der Waals surface area contributed by atoms with Crippen molar-refractivity contribution in [3.05, 3.63) is 55.8 Å². The minimum absolute atomic E-state index is 0.0436. The Morgan fingerprint density at radius 2 is 2.10 bits per heavy atom. The highest BCUT2D eigenvalue weighted by molar-refractivity contribution is 9.10. The summed E-state index contributed by atoms with van der Waals surface area (Å²) < 4.78 is 0.949. The summed E-state index contributed by atoms with van der Waals surface area (Å²) in [5.74, 6) is -0.321. The van der Waals surface area contributed by atoms with Gasteiger partial charge in [0.25, 0.3) is 5.56 Å². The van der Waals surface area contributed by atoms with Crippen LogP contribution in [0, 0.1) is 18.3 Å². The Balaban J connectivity index is 2.27. The van der Waals surface area contributed by atoms with Gasteiger partial charge < -0.3 is 5.11 Å². The third-order valence-electron chi connectivity index (χ3n) is 2.84. The fraction of sp³-hybridized carbons (Fsp3) is 0.0714. The number of hydrogen-bond acceptors (Lipinski definition) is 5. The highest BCUT2D eigenvalue weighted by Gasteiger charge is 2.12. The van der Waals surface area contributed by atoms with E-state index in [1.807, 2.05) is 24.3 Å². The van der Waals surface area contributed by atoms with Crippen LogP contribution in [0.2, 0.25) is 0 Å². The third-order valence-corrected chi connectivity index (χ3v) is 3.37. The summed E-state index contributed by atoms with van der Waals surface area (Å²) in [5, 5.41) is 22.6. The summed E-state index contributed by atoms with van der Waals surface area (Å²) in [7, 11) is 0. The van der Waals surface area contributed by atoms with Crippen LogP contribution in [0.1, 0.15) is 16.7 Å². The quantitative estimate of drug-likeness (QED) is 0.586. The Kier molecular flexibility index (Phi) is 4.40. The first-order valence-corrected chi connectivity index (χ1v) is 6.73. The largest absolute Gasteiger partial charge is 0.494 e. The van der Waals surface area contributed by atoms with Gasteiger partial charge in [0.15, 0.2) is 0 Å². The van der Waals surface area contributed by atoms with Crippen molar-refractivity contribution in [3.8, 4) is 11.9 Å². The van der Waals surface area contributed by atoms with Gasteiger partial charge in [0, 0.05) is 4.47 Å². The van der Waals surface area contributed by atoms with Crippen molar-refractivity contribution < 1.29 is 5.11 Å². The van der Waals surface area contributed by atoms with Crippen LogP contribution < -0.4 is 11.0 Å². The van der Waals surface area contributed by atoms with E-state index in [2.05, 4.69) is 31.4 Å². The zero-order valence-electron chi connectivity index (χ0n) is 11.0. The van der Waals surface area contributed by atoms with Gasteiger partial charge in [-0.1, -0.05) is 15.9 Å². The molecule has 0 aliphatic carbocycles. The molecule has 1 heterocycles. The van der Waals surface area contributed by atoms with E-state index in [1.54, 1.807) is 13.0 Å². The minimum atomic E-state index is -0.620. The molecular formula is C14H11BrN4O2. The minimum Gasteiger partial charge on any atom is -0.494 e. The summed E-state index contributed by atoms with van der Waals surface area (Å²) in [6, 6.07) is 9.16. The van der Waals surface area contributed by atoms with E-state index in [-0.39, 0.29) is 17.0 Å². The van der Waals surface area contributed by atoms with E-state index in [1.165, 1.54) is 6.21 Å². The fourth-order valence-corrected chi connectivity index (χ4v) is 1.97. The van der Waals surface area contributed by atoms with E-state index in [9.17, 15) is 9.90 Å². The molecule has 0 radical (unpaired) electrons. The van der Waals surface area contributed by atoms with Crippen molar-refractivity contribution in [2.24, 2.45) is 5.10 Å². The van der Waals surface area contributed by atoms with Crippen LogP contribution in [0.5, 0.6) is 5.88 Å². The monoisotopic (exact) mass is 346 g/mol. The molecule has 6 nitrogen and oxygen atoms in total. The van der Waals surface area contributed by atoms with Crippen molar-refractivity contribution in [1.29, 1.82) is 5.26 Å². The third kappa shape index (κ3) is 3.30. The number of H-pyrrole nitrogens is 1. The van der Waals surface area contributed by atoms with Gasteiger partial charge in [-0.2, -0.15) is 10.4 Å². The smallest absolute Gasteiger partial charge is 0.268 e. The van der Waals surface area contributed by atoms with Gasteiger partial charge in [-0.15, -0.1) is 0 Å². The van der Waals surface area contributed by atoms with Crippen LogP contribution in [0.3, 0.4) is 0 Å². The second kappa shape index (κ2) is 6.24. The van der Waals surface area contributed by atoms with Gasteiger partial charge in [-0.25, -0.2) is 0 Å². The lowest BCUT2D eigenvalue weighted by Crippen LogP contribution is -2.14. The molecular weight excluding hydrogens is 336 g/mol. The number of hydrogen-bond donors (Lipinski definition) is 3. The first kappa shape index (κ1) is 14.8. The molecule has 0 unspecified atom stereocenters. The van der Waals surface area contributed by atoms with Gasteiger partial charge in [0.2, 0.25) is 5.88 Å². The fourth-order valence-electron chi connectivity index (χ4n) is 1.71. The standard InChI is InChI=1S/C14H11BrN4O2/c1-8-11(6-16)13(20)18-14(21)12(8)7-17-19-10-4-2-9(15)3-5-10/h2-5,7,19H,1H3,(H2,18,20,21)/b17-7+. The number of rotatable bonds is 3. The number of nitrogens with zero attached hydrogens (tertiary/aromatic N) is 2. The molecule has 0 amide bonds. The maximum atomic E-state index is 11.5. The average Bonchev–Trinajstić information content (AvgIpc) is 2.44. The Morgan fingerprint density at radius 3 is 2.71 bits per heavy atom. The first-order valence-electron chi connectivity index (χ1n) is 5.93. The molecule has 21 heavy (non-hydrogen) atoms. The molecule has 0 aliphatic heterocycles. The Bertz CT molecular complexity index is 788. The Morgan fingerprint density at radius 1 is 1.43 bits per heavy atom. The van der Waals surface area contributed by atoms with Crippen LogP contribution >= 0.6 is 15.9 Å². The molecule has 3 N–H and O–H groups in total. The number of benzene rings is 1. The van der Waals surface area contributed by atoms with Crippen LogP contribution in [-0.2, 0) is 0 Å². The number of nitrogens with one attached hydrogen (secondary N) is 2. The Labute approximate surface area is 128 Å². The molecule has 1 aromatic heterocycles. The van der Waals surface area contributed by atoms with Crippen molar-refractivity contribution in [2.45, 2.75) is 6.92 Å². The number of aromatic amines is 1. The highest BCUT2D eigenvalue weighted by Crippen LogP contribution is 2.17. The number of halogens is 1. The topological polar surface area (TPSA) is 101 Å². The molecule has 0 atom stereocenters. The summed E-state index contributed by atoms with van der Waals surface area (Å²) in [6.07, 6.45) is 1.35. The summed E-state index contributed by atoms with van der Waals surface area (Å²) in [5.41, 5.74) is 3.55. The molecule has 0 bridgehead atoms. The second-order valence-electron chi connectivity index (χ2n) is 4.21. The number of nitriles is 1. The number of hydrazone groups is 1. The predicted octanol–water partition coefficient (Wildman–Crippen LogP) is 2.47. The lowest BCUT2D eigenvalue weighted by molar-refractivity contribution is 0.450. The predicted molar refractivity (Wildman–Crippen MR) is 83.5 cm³/mol. The van der Waals surface area contributed by atoms with E-state index in [0.29, 0.717) is 5.56 Å². The molecule has 0 saturated heterocycles. The van der Waals surface area contributed by atoms with E-state index < -0.39 is 5.56 Å². The number of pyridine rings is 1. The maximum absolute atomic E-state index is 11.5. The zero-order valence-corrected chi connectivity index (χ0v) is 12.6. The molecule has 106 valence electrons. The van der Waals surface area contributed by atoms with Gasteiger partial charge >= 0.3 is 0 Å². The van der Waals surface area contributed by atoms with E-state index >= 15 is 0 Å².